The Morgan fingerprint density at radius 1 is 0.364 bits per heavy atom. The van der Waals surface area contributed by atoms with E-state index in [4.69, 9.17) is 19.9 Å². The Morgan fingerprint density at radius 2 is 0.891 bits per heavy atom. The minimum absolute atomic E-state index is 0.109. The van der Waals surface area contributed by atoms with Crippen LogP contribution >= 0.6 is 0 Å². The van der Waals surface area contributed by atoms with Crippen LogP contribution in [0.1, 0.15) is 0 Å². The van der Waals surface area contributed by atoms with Gasteiger partial charge in [0.05, 0.1) is 33.0 Å². The van der Waals surface area contributed by atoms with E-state index >= 15 is 0 Å². The highest BCUT2D eigenvalue weighted by Gasteiger charge is 2.21. The van der Waals surface area contributed by atoms with Crippen LogP contribution in [0, 0.1) is 0 Å². The average molecular weight is 708 g/mol. The van der Waals surface area contributed by atoms with E-state index in [0.717, 1.165) is 66.4 Å². The molecule has 0 amide bonds. The Hall–Kier alpha value is -7.71. The predicted octanol–water partition coefficient (Wildman–Crippen LogP) is 10.1. The number of imidazole rings is 1. The number of para-hydroxylation sites is 3. The Kier molecular flexibility index (Phi) is 6.84. The summed E-state index contributed by atoms with van der Waals surface area (Å²) in [5.41, 5.74) is 8.72. The van der Waals surface area contributed by atoms with Crippen molar-refractivity contribution in [3.63, 3.8) is 0 Å². The van der Waals surface area contributed by atoms with Crippen molar-refractivity contribution in [2.24, 2.45) is 0 Å². The molecule has 0 radical (unpaired) electrons. The number of benzene rings is 7. The van der Waals surface area contributed by atoms with Gasteiger partial charge in [-0.2, -0.15) is 0 Å². The summed E-state index contributed by atoms with van der Waals surface area (Å²) < 4.78 is 6.07. The van der Waals surface area contributed by atoms with E-state index in [2.05, 4.69) is 57.7 Å². The molecule has 8 nitrogen and oxygen atoms in total. The maximum Gasteiger partial charge on any atom is 0.267 e. The van der Waals surface area contributed by atoms with Crippen molar-refractivity contribution in [1.29, 1.82) is 0 Å². The number of hydrogen-bond acceptors (Lipinski definition) is 5. The predicted molar refractivity (Wildman–Crippen MR) is 220 cm³/mol. The van der Waals surface area contributed by atoms with Crippen LogP contribution in [-0.2, 0) is 0 Å². The maximum atomic E-state index is 14.4. The highest BCUT2D eigenvalue weighted by atomic mass is 16.1. The molecule has 0 saturated heterocycles. The summed E-state index contributed by atoms with van der Waals surface area (Å²) in [6.07, 6.45) is 0. The molecule has 0 aliphatic carbocycles. The van der Waals surface area contributed by atoms with E-state index in [9.17, 15) is 4.79 Å². The number of hydrogen-bond donors (Lipinski definition) is 0. The van der Waals surface area contributed by atoms with Gasteiger partial charge in [0.25, 0.3) is 5.56 Å². The van der Waals surface area contributed by atoms with E-state index in [1.165, 1.54) is 0 Å². The van der Waals surface area contributed by atoms with Gasteiger partial charge in [-0.05, 0) is 54.6 Å². The van der Waals surface area contributed by atoms with Gasteiger partial charge in [-0.15, -0.1) is 0 Å². The second-order valence-corrected chi connectivity index (χ2v) is 13.5. The molecule has 11 rings (SSSR count). The minimum Gasteiger partial charge on any atom is -0.309 e. The molecule has 0 fully saturated rings. The first-order valence-electron chi connectivity index (χ1n) is 18.1. The Bertz CT molecular complexity index is 3270. The highest BCUT2D eigenvalue weighted by molar-refractivity contribution is 6.13. The molecule has 0 bridgehead atoms. The van der Waals surface area contributed by atoms with Crippen molar-refractivity contribution in [3.8, 4) is 45.5 Å². The molecule has 4 heterocycles. The molecule has 258 valence electrons. The van der Waals surface area contributed by atoms with Crippen LogP contribution in [0.15, 0.2) is 181 Å². The summed E-state index contributed by atoms with van der Waals surface area (Å²) in [6.45, 7) is 0. The second kappa shape index (κ2) is 12.2. The minimum atomic E-state index is -0.109. The summed E-state index contributed by atoms with van der Waals surface area (Å²) in [5.74, 6) is 2.35. The largest absolute Gasteiger partial charge is 0.309 e. The SMILES string of the molecule is O=c1c2ccccc2n(-c2ccccc2)c2nc3cc4c5ccccc5n(-c5cccc(-c6nc(-c7ccccc7)nc(-c7ccccc7)n6)c5)c4cc3n12. The van der Waals surface area contributed by atoms with Gasteiger partial charge in [0, 0.05) is 38.8 Å². The lowest BCUT2D eigenvalue weighted by Gasteiger charge is -2.13. The second-order valence-electron chi connectivity index (χ2n) is 13.5. The standard InChI is InChI=1S/C47H29N7O/c55-46-36-24-11-13-26-40(36)53(33-20-8-3-9-21-33)47-48-38-28-37-35-23-10-12-25-39(35)52(41(37)29-42(38)54(46)47)34-22-14-19-32(27-34)45-50-43(30-15-4-1-5-16-30)49-44(51-45)31-17-6-2-7-18-31/h1-29H. The number of nitrogens with zero attached hydrogens (tertiary/aromatic N) is 7. The van der Waals surface area contributed by atoms with Crippen molar-refractivity contribution in [2.45, 2.75) is 0 Å². The lowest BCUT2D eigenvalue weighted by atomic mass is 10.1. The van der Waals surface area contributed by atoms with E-state index in [1.807, 2.05) is 127 Å². The van der Waals surface area contributed by atoms with E-state index in [-0.39, 0.29) is 5.56 Å². The Labute approximate surface area is 313 Å². The molecule has 0 saturated carbocycles. The molecule has 0 atom stereocenters. The molecule has 7 aromatic carbocycles. The van der Waals surface area contributed by atoms with Crippen LogP contribution in [0.3, 0.4) is 0 Å². The fraction of sp³-hybridized carbons (Fsp3) is 0. The van der Waals surface area contributed by atoms with Crippen molar-refractivity contribution >= 4 is 49.5 Å². The van der Waals surface area contributed by atoms with Gasteiger partial charge in [-0.25, -0.2) is 24.3 Å². The quantitative estimate of drug-likeness (QED) is 0.178. The first-order valence-corrected chi connectivity index (χ1v) is 18.1. The molecular weight excluding hydrogens is 679 g/mol. The smallest absolute Gasteiger partial charge is 0.267 e. The number of aromatic nitrogens is 7. The third-order valence-electron chi connectivity index (χ3n) is 10.3. The highest BCUT2D eigenvalue weighted by Crippen LogP contribution is 2.36. The summed E-state index contributed by atoms with van der Waals surface area (Å²) >= 11 is 0. The van der Waals surface area contributed by atoms with Gasteiger partial charge >= 0.3 is 0 Å². The zero-order valence-electron chi connectivity index (χ0n) is 29.3. The zero-order valence-corrected chi connectivity index (χ0v) is 29.3. The van der Waals surface area contributed by atoms with Crippen molar-refractivity contribution in [1.82, 2.24) is 33.5 Å². The van der Waals surface area contributed by atoms with Crippen LogP contribution in [0.4, 0.5) is 0 Å². The summed E-state index contributed by atoms with van der Waals surface area (Å²) in [6, 6.07) is 58.7. The van der Waals surface area contributed by atoms with E-state index in [1.54, 1.807) is 4.40 Å². The van der Waals surface area contributed by atoms with Crippen LogP contribution in [0.25, 0.3) is 95.1 Å². The summed E-state index contributed by atoms with van der Waals surface area (Å²) in [7, 11) is 0. The Morgan fingerprint density at radius 3 is 1.56 bits per heavy atom. The number of fused-ring (bicyclic) bond motifs is 7. The normalized spacial score (nSPS) is 11.7. The van der Waals surface area contributed by atoms with Crippen molar-refractivity contribution < 1.29 is 0 Å². The van der Waals surface area contributed by atoms with Gasteiger partial charge in [0.15, 0.2) is 17.5 Å². The molecule has 0 aliphatic heterocycles. The van der Waals surface area contributed by atoms with Crippen LogP contribution in [0.2, 0.25) is 0 Å². The molecule has 0 N–H and O–H groups in total. The Balaban J connectivity index is 1.16. The first-order chi connectivity index (χ1) is 27.2. The van der Waals surface area contributed by atoms with E-state index in [0.29, 0.717) is 28.6 Å². The molecular formula is C47H29N7O. The van der Waals surface area contributed by atoms with Gasteiger partial charge in [0.1, 0.15) is 0 Å². The van der Waals surface area contributed by atoms with E-state index < -0.39 is 0 Å². The van der Waals surface area contributed by atoms with Crippen LogP contribution in [0.5, 0.6) is 0 Å². The first kappa shape index (κ1) is 30.9. The fourth-order valence-electron chi connectivity index (χ4n) is 7.79. The van der Waals surface area contributed by atoms with Crippen molar-refractivity contribution in [3.05, 3.63) is 186 Å². The van der Waals surface area contributed by atoms with Gasteiger partial charge in [0.2, 0.25) is 5.78 Å². The molecule has 4 aromatic heterocycles. The lowest BCUT2D eigenvalue weighted by molar-refractivity contribution is 1.02. The monoisotopic (exact) mass is 707 g/mol. The molecule has 0 spiro atoms. The van der Waals surface area contributed by atoms with Crippen LogP contribution < -0.4 is 5.56 Å². The molecule has 11 aromatic rings. The zero-order chi connectivity index (χ0) is 36.5. The third kappa shape index (κ3) is 4.89. The fourth-order valence-corrected chi connectivity index (χ4v) is 7.79. The van der Waals surface area contributed by atoms with Gasteiger partial charge < -0.3 is 4.57 Å². The lowest BCUT2D eigenvalue weighted by Crippen LogP contribution is -2.18. The van der Waals surface area contributed by atoms with Crippen LogP contribution in [-0.4, -0.2) is 33.5 Å². The third-order valence-corrected chi connectivity index (χ3v) is 10.3. The summed E-state index contributed by atoms with van der Waals surface area (Å²) in [4.78, 5) is 34.4. The van der Waals surface area contributed by atoms with Gasteiger partial charge in [-0.1, -0.05) is 121 Å². The summed E-state index contributed by atoms with van der Waals surface area (Å²) in [5, 5.41) is 2.75. The molecule has 55 heavy (non-hydrogen) atoms. The average Bonchev–Trinajstić information content (AvgIpc) is 3.79. The maximum absolute atomic E-state index is 14.4. The van der Waals surface area contributed by atoms with Crippen molar-refractivity contribution in [2.75, 3.05) is 0 Å². The van der Waals surface area contributed by atoms with Gasteiger partial charge in [-0.3, -0.25) is 9.36 Å². The molecule has 0 unspecified atom stereocenters. The molecule has 8 heteroatoms. The molecule has 0 aliphatic rings. The number of rotatable bonds is 5. The topological polar surface area (TPSA) is 82.9 Å².